The molecule has 0 bridgehead atoms. The van der Waals surface area contributed by atoms with Gasteiger partial charge in [-0.3, -0.25) is 0 Å². The normalized spacial score (nSPS) is 13.0. The van der Waals surface area contributed by atoms with Crippen molar-refractivity contribution < 1.29 is 26.3 Å². The summed E-state index contributed by atoms with van der Waals surface area (Å²) in [5.74, 6) is 0. The van der Waals surface area contributed by atoms with Crippen molar-refractivity contribution in [3.63, 3.8) is 0 Å². The summed E-state index contributed by atoms with van der Waals surface area (Å²) in [4.78, 5) is 2.47. The van der Waals surface area contributed by atoms with Crippen LogP contribution in [0.25, 0.3) is 0 Å². The average molecular weight is 215 g/mol. The summed E-state index contributed by atoms with van der Waals surface area (Å²) in [5, 5.41) is 0. The number of hydrogen-bond donors (Lipinski definition) is 0. The van der Waals surface area contributed by atoms with Crippen LogP contribution < -0.4 is 0 Å². The molecule has 0 saturated carbocycles. The maximum Gasteiger partial charge on any atom is 0.433 e. The predicted molar refractivity (Wildman–Crippen MR) is 34.2 cm³/mol. The second-order valence-electron chi connectivity index (χ2n) is 2.40. The highest BCUT2D eigenvalue weighted by Crippen LogP contribution is 2.32. The van der Waals surface area contributed by atoms with Crippen LogP contribution in [0.15, 0.2) is 18.2 Å². The van der Waals surface area contributed by atoms with Gasteiger partial charge in [0.2, 0.25) is 0 Å². The van der Waals surface area contributed by atoms with Crippen LogP contribution in [0.2, 0.25) is 0 Å². The summed E-state index contributed by atoms with van der Waals surface area (Å²) in [6.07, 6.45) is -9.72. The van der Waals surface area contributed by atoms with Crippen LogP contribution in [0.1, 0.15) is 11.4 Å². The van der Waals surface area contributed by atoms with Crippen molar-refractivity contribution in [1.29, 1.82) is 0 Å². The van der Waals surface area contributed by atoms with Crippen LogP contribution in [0.4, 0.5) is 26.3 Å². The quantitative estimate of drug-likeness (QED) is 0.606. The van der Waals surface area contributed by atoms with Crippen molar-refractivity contribution in [2.75, 3.05) is 0 Å². The van der Waals surface area contributed by atoms with Gasteiger partial charge in [-0.1, -0.05) is 6.07 Å². The molecule has 0 spiro atoms. The Morgan fingerprint density at radius 1 is 0.786 bits per heavy atom. The molecule has 0 atom stereocenters. The van der Waals surface area contributed by atoms with Gasteiger partial charge in [-0.2, -0.15) is 26.3 Å². The van der Waals surface area contributed by atoms with Gasteiger partial charge < -0.3 is 0 Å². The molecule has 1 aromatic rings. The largest absolute Gasteiger partial charge is 0.433 e. The first-order chi connectivity index (χ1) is 6.21. The Balaban J connectivity index is 3.15. The van der Waals surface area contributed by atoms with E-state index in [1.165, 1.54) is 0 Å². The standard InChI is InChI=1S/C7H3F6N/c8-6(9,10)4-2-1-3-5(14-4)7(11,12)13/h1-3H. The lowest BCUT2D eigenvalue weighted by molar-refractivity contribution is -0.150. The average Bonchev–Trinajstić information content (AvgIpc) is 2.01. The van der Waals surface area contributed by atoms with Crippen molar-refractivity contribution in [2.45, 2.75) is 12.4 Å². The highest BCUT2D eigenvalue weighted by Gasteiger charge is 2.37. The number of aromatic nitrogens is 1. The summed E-state index contributed by atoms with van der Waals surface area (Å²) in [7, 11) is 0. The molecule has 1 nitrogen and oxygen atoms in total. The summed E-state index contributed by atoms with van der Waals surface area (Å²) in [5.41, 5.74) is -3.10. The molecule has 1 rings (SSSR count). The van der Waals surface area contributed by atoms with Gasteiger partial charge in [-0.25, -0.2) is 4.98 Å². The minimum atomic E-state index is -4.86. The van der Waals surface area contributed by atoms with E-state index < -0.39 is 23.7 Å². The van der Waals surface area contributed by atoms with Crippen LogP contribution >= 0.6 is 0 Å². The second-order valence-corrected chi connectivity index (χ2v) is 2.40. The number of pyridine rings is 1. The van der Waals surface area contributed by atoms with E-state index in [2.05, 4.69) is 4.98 Å². The monoisotopic (exact) mass is 215 g/mol. The van der Waals surface area contributed by atoms with Crippen LogP contribution in [-0.4, -0.2) is 4.98 Å². The molecule has 78 valence electrons. The third-order valence-corrected chi connectivity index (χ3v) is 1.33. The molecule has 0 amide bonds. The molecule has 1 aromatic heterocycles. The third-order valence-electron chi connectivity index (χ3n) is 1.33. The summed E-state index contributed by atoms with van der Waals surface area (Å²) < 4.78 is 71.6. The molecule has 0 aliphatic heterocycles. The molecule has 0 N–H and O–H groups in total. The highest BCUT2D eigenvalue weighted by atomic mass is 19.4. The van der Waals surface area contributed by atoms with E-state index >= 15 is 0 Å². The van der Waals surface area contributed by atoms with Gasteiger partial charge in [0.1, 0.15) is 11.4 Å². The van der Waals surface area contributed by atoms with E-state index in [1.807, 2.05) is 0 Å². The topological polar surface area (TPSA) is 12.9 Å². The Morgan fingerprint density at radius 3 is 1.43 bits per heavy atom. The lowest BCUT2D eigenvalue weighted by atomic mass is 10.3. The second kappa shape index (κ2) is 3.14. The Morgan fingerprint density at radius 2 is 1.14 bits per heavy atom. The van der Waals surface area contributed by atoms with Crippen molar-refractivity contribution in [2.24, 2.45) is 0 Å². The van der Waals surface area contributed by atoms with E-state index in [0.717, 1.165) is 0 Å². The highest BCUT2D eigenvalue weighted by molar-refractivity contribution is 5.15. The first kappa shape index (κ1) is 10.8. The van der Waals surface area contributed by atoms with E-state index in [4.69, 9.17) is 0 Å². The van der Waals surface area contributed by atoms with E-state index in [-0.39, 0.29) is 0 Å². The molecular weight excluding hydrogens is 212 g/mol. The lowest BCUT2D eigenvalue weighted by Crippen LogP contribution is -2.14. The first-order valence-electron chi connectivity index (χ1n) is 3.33. The fourth-order valence-corrected chi connectivity index (χ4v) is 0.750. The van der Waals surface area contributed by atoms with Gasteiger partial charge in [0, 0.05) is 0 Å². The Kier molecular flexibility index (Phi) is 2.43. The molecule has 0 fully saturated rings. The zero-order valence-corrected chi connectivity index (χ0v) is 6.45. The molecule has 0 radical (unpaired) electrons. The summed E-state index contributed by atoms with van der Waals surface area (Å²) in [6.45, 7) is 0. The SMILES string of the molecule is FC(F)(F)c1cccc(C(F)(F)F)n1. The van der Waals surface area contributed by atoms with E-state index in [0.29, 0.717) is 18.2 Å². The van der Waals surface area contributed by atoms with Crippen molar-refractivity contribution in [3.8, 4) is 0 Å². The van der Waals surface area contributed by atoms with Crippen LogP contribution in [0.3, 0.4) is 0 Å². The number of nitrogens with zero attached hydrogens (tertiary/aromatic N) is 1. The van der Waals surface area contributed by atoms with Crippen molar-refractivity contribution in [3.05, 3.63) is 29.6 Å². The Hall–Kier alpha value is -1.27. The number of hydrogen-bond acceptors (Lipinski definition) is 1. The van der Waals surface area contributed by atoms with Gasteiger partial charge in [0.25, 0.3) is 0 Å². The van der Waals surface area contributed by atoms with Gasteiger partial charge in [-0.05, 0) is 12.1 Å². The minimum Gasteiger partial charge on any atom is -0.239 e. The van der Waals surface area contributed by atoms with Crippen molar-refractivity contribution in [1.82, 2.24) is 4.98 Å². The maximum atomic E-state index is 11.9. The fraction of sp³-hybridized carbons (Fsp3) is 0.286. The predicted octanol–water partition coefficient (Wildman–Crippen LogP) is 3.12. The molecule has 0 aliphatic rings. The maximum absolute atomic E-state index is 11.9. The van der Waals surface area contributed by atoms with Gasteiger partial charge >= 0.3 is 12.4 Å². The van der Waals surface area contributed by atoms with Gasteiger partial charge in [-0.15, -0.1) is 0 Å². The minimum absolute atomic E-state index is 0.481. The van der Waals surface area contributed by atoms with Crippen LogP contribution in [-0.2, 0) is 12.4 Å². The lowest BCUT2D eigenvalue weighted by Gasteiger charge is -2.09. The first-order valence-corrected chi connectivity index (χ1v) is 3.33. The number of alkyl halides is 6. The zero-order valence-electron chi connectivity index (χ0n) is 6.45. The number of rotatable bonds is 0. The summed E-state index contributed by atoms with van der Waals surface area (Å²) >= 11 is 0. The Bertz CT molecular complexity index is 296. The molecule has 0 unspecified atom stereocenters. The molecule has 1 heterocycles. The van der Waals surface area contributed by atoms with Crippen LogP contribution in [0, 0.1) is 0 Å². The van der Waals surface area contributed by atoms with E-state index in [1.54, 1.807) is 0 Å². The fourth-order valence-electron chi connectivity index (χ4n) is 0.750. The Labute approximate surface area is 74.4 Å². The molecule has 0 aliphatic carbocycles. The molecular formula is C7H3F6N. The van der Waals surface area contributed by atoms with Crippen LogP contribution in [0.5, 0.6) is 0 Å². The van der Waals surface area contributed by atoms with Gasteiger partial charge in [0.15, 0.2) is 0 Å². The molecule has 7 heteroatoms. The molecule has 0 aromatic carbocycles. The molecule has 14 heavy (non-hydrogen) atoms. The third kappa shape index (κ3) is 2.36. The van der Waals surface area contributed by atoms with Crippen molar-refractivity contribution >= 4 is 0 Å². The smallest absolute Gasteiger partial charge is 0.239 e. The summed E-state index contributed by atoms with van der Waals surface area (Å²) in [6, 6.07) is 1.63. The van der Waals surface area contributed by atoms with E-state index in [9.17, 15) is 26.3 Å². The number of halogens is 6. The van der Waals surface area contributed by atoms with Gasteiger partial charge in [0.05, 0.1) is 0 Å². The molecule has 0 saturated heterocycles. The zero-order chi connectivity index (χ0) is 11.0.